The van der Waals surface area contributed by atoms with Crippen LogP contribution in [0.25, 0.3) is 0 Å². The minimum absolute atomic E-state index is 0.138. The molecule has 5 nitrogen and oxygen atoms in total. The van der Waals surface area contributed by atoms with Crippen LogP contribution in [0.4, 0.5) is 10.2 Å². The lowest BCUT2D eigenvalue weighted by molar-refractivity contribution is -0.133. The van der Waals surface area contributed by atoms with Crippen LogP contribution < -0.4 is 4.90 Å². The lowest BCUT2D eigenvalue weighted by Crippen LogP contribution is -2.51. The van der Waals surface area contributed by atoms with E-state index in [2.05, 4.69) is 14.8 Å². The number of amides is 1. The molecule has 27 heavy (non-hydrogen) atoms. The van der Waals surface area contributed by atoms with Crippen molar-refractivity contribution < 1.29 is 9.18 Å². The Morgan fingerprint density at radius 2 is 1.81 bits per heavy atom. The van der Waals surface area contributed by atoms with Crippen molar-refractivity contribution in [3.63, 3.8) is 0 Å². The van der Waals surface area contributed by atoms with Crippen LogP contribution in [-0.4, -0.2) is 59.5 Å². The molecule has 6 heteroatoms. The molecule has 2 heterocycles. The van der Waals surface area contributed by atoms with Crippen LogP contribution in [0.1, 0.15) is 18.4 Å². The average molecular weight is 368 g/mol. The van der Waals surface area contributed by atoms with Crippen LogP contribution in [0.3, 0.4) is 0 Å². The van der Waals surface area contributed by atoms with Crippen molar-refractivity contribution in [3.05, 3.63) is 60.0 Å². The zero-order chi connectivity index (χ0) is 18.6. The van der Waals surface area contributed by atoms with Gasteiger partial charge in [0.2, 0.25) is 5.91 Å². The maximum atomic E-state index is 14.0. The van der Waals surface area contributed by atoms with E-state index < -0.39 is 0 Å². The van der Waals surface area contributed by atoms with Crippen molar-refractivity contribution in [2.75, 3.05) is 37.6 Å². The SMILES string of the molecule is O=C(CN(Cc1ccccc1F)C1CC1)N1CCN(c2ccccn2)CC1. The van der Waals surface area contributed by atoms with Crippen LogP contribution in [0.2, 0.25) is 0 Å². The van der Waals surface area contributed by atoms with E-state index in [4.69, 9.17) is 0 Å². The number of nitrogens with zero attached hydrogens (tertiary/aromatic N) is 4. The van der Waals surface area contributed by atoms with E-state index in [0.29, 0.717) is 37.8 Å². The Hall–Kier alpha value is -2.47. The molecule has 2 fully saturated rings. The summed E-state index contributed by atoms with van der Waals surface area (Å²) in [5, 5.41) is 0. The predicted molar refractivity (Wildman–Crippen MR) is 103 cm³/mol. The number of rotatable bonds is 6. The van der Waals surface area contributed by atoms with E-state index in [9.17, 15) is 9.18 Å². The minimum atomic E-state index is -0.195. The third kappa shape index (κ3) is 4.45. The standard InChI is InChI=1S/C21H25FN4O/c22-19-6-2-1-5-17(19)15-26(18-8-9-18)16-21(27)25-13-11-24(12-14-25)20-7-3-4-10-23-20/h1-7,10,18H,8-9,11-16H2. The summed E-state index contributed by atoms with van der Waals surface area (Å²) >= 11 is 0. The molecular weight excluding hydrogens is 343 g/mol. The van der Waals surface area contributed by atoms with Crippen LogP contribution in [0.5, 0.6) is 0 Å². The third-order valence-corrected chi connectivity index (χ3v) is 5.34. The molecule has 1 aromatic heterocycles. The Balaban J connectivity index is 1.33. The number of halogens is 1. The Morgan fingerprint density at radius 3 is 2.48 bits per heavy atom. The van der Waals surface area contributed by atoms with Gasteiger partial charge in [-0.2, -0.15) is 0 Å². The molecular formula is C21H25FN4O. The van der Waals surface area contributed by atoms with Crippen LogP contribution in [-0.2, 0) is 11.3 Å². The molecule has 0 radical (unpaired) electrons. The van der Waals surface area contributed by atoms with Crippen molar-refractivity contribution >= 4 is 11.7 Å². The van der Waals surface area contributed by atoms with Crippen LogP contribution in [0, 0.1) is 5.82 Å². The first kappa shape index (κ1) is 17.9. The molecule has 0 spiro atoms. The van der Waals surface area contributed by atoms with Gasteiger partial charge in [-0.1, -0.05) is 24.3 Å². The topological polar surface area (TPSA) is 39.7 Å². The lowest BCUT2D eigenvalue weighted by Gasteiger charge is -2.36. The summed E-state index contributed by atoms with van der Waals surface area (Å²) in [4.78, 5) is 23.5. The summed E-state index contributed by atoms with van der Waals surface area (Å²) in [6, 6.07) is 13.1. The number of aromatic nitrogens is 1. The third-order valence-electron chi connectivity index (χ3n) is 5.34. The average Bonchev–Trinajstić information content (AvgIpc) is 3.55. The van der Waals surface area contributed by atoms with Crippen molar-refractivity contribution in [3.8, 4) is 0 Å². The van der Waals surface area contributed by atoms with Gasteiger partial charge in [0, 0.05) is 50.5 Å². The van der Waals surface area contributed by atoms with Crippen molar-refractivity contribution in [1.82, 2.24) is 14.8 Å². The highest BCUT2D eigenvalue weighted by molar-refractivity contribution is 5.78. The van der Waals surface area contributed by atoms with E-state index in [0.717, 1.165) is 31.7 Å². The number of hydrogen-bond donors (Lipinski definition) is 0. The predicted octanol–water partition coefficient (Wildman–Crippen LogP) is 2.53. The van der Waals surface area contributed by atoms with E-state index in [1.807, 2.05) is 29.2 Å². The molecule has 1 aliphatic carbocycles. The number of carbonyl (C=O) groups excluding carboxylic acids is 1. The first-order valence-electron chi connectivity index (χ1n) is 9.62. The molecule has 2 aliphatic rings. The molecule has 1 saturated heterocycles. The zero-order valence-corrected chi connectivity index (χ0v) is 15.4. The van der Waals surface area contributed by atoms with E-state index in [1.165, 1.54) is 6.07 Å². The molecule has 0 bridgehead atoms. The summed E-state index contributed by atoms with van der Waals surface area (Å²) in [5.74, 6) is 0.905. The van der Waals surface area contributed by atoms with Gasteiger partial charge in [-0.3, -0.25) is 9.69 Å². The van der Waals surface area contributed by atoms with E-state index >= 15 is 0 Å². The fourth-order valence-electron chi connectivity index (χ4n) is 3.60. The van der Waals surface area contributed by atoms with Crippen molar-refractivity contribution in [2.24, 2.45) is 0 Å². The number of carbonyl (C=O) groups is 1. The second-order valence-corrected chi connectivity index (χ2v) is 7.28. The largest absolute Gasteiger partial charge is 0.353 e. The molecule has 0 unspecified atom stereocenters. The van der Waals surface area contributed by atoms with Crippen LogP contribution in [0.15, 0.2) is 48.7 Å². The second-order valence-electron chi connectivity index (χ2n) is 7.28. The van der Waals surface area contributed by atoms with Gasteiger partial charge in [0.1, 0.15) is 11.6 Å². The maximum Gasteiger partial charge on any atom is 0.236 e. The molecule has 0 N–H and O–H groups in total. The number of anilines is 1. The monoisotopic (exact) mass is 368 g/mol. The van der Waals surface area contributed by atoms with E-state index in [1.54, 1.807) is 18.3 Å². The van der Waals surface area contributed by atoms with Gasteiger partial charge < -0.3 is 9.80 Å². The molecule has 1 saturated carbocycles. The summed E-state index contributed by atoms with van der Waals surface area (Å²) < 4.78 is 14.0. The highest BCUT2D eigenvalue weighted by atomic mass is 19.1. The summed E-state index contributed by atoms with van der Waals surface area (Å²) in [7, 11) is 0. The lowest BCUT2D eigenvalue weighted by atomic mass is 10.2. The van der Waals surface area contributed by atoms with Gasteiger partial charge in [-0.05, 0) is 31.0 Å². The normalized spacial score (nSPS) is 17.4. The second kappa shape index (κ2) is 8.05. The Bertz CT molecular complexity index is 773. The number of piperazine rings is 1. The summed E-state index contributed by atoms with van der Waals surface area (Å²) in [6.45, 7) is 3.85. The first-order valence-corrected chi connectivity index (χ1v) is 9.62. The summed E-state index contributed by atoms with van der Waals surface area (Å²) in [5.41, 5.74) is 0.664. The van der Waals surface area contributed by atoms with Gasteiger partial charge in [-0.15, -0.1) is 0 Å². The number of benzene rings is 1. The molecule has 142 valence electrons. The Kier molecular flexibility index (Phi) is 5.34. The van der Waals surface area contributed by atoms with Gasteiger partial charge in [0.05, 0.1) is 6.54 Å². The van der Waals surface area contributed by atoms with Gasteiger partial charge in [0.15, 0.2) is 0 Å². The highest BCUT2D eigenvalue weighted by Crippen LogP contribution is 2.28. The first-order chi connectivity index (χ1) is 13.2. The van der Waals surface area contributed by atoms with E-state index in [-0.39, 0.29) is 11.7 Å². The minimum Gasteiger partial charge on any atom is -0.353 e. The molecule has 2 aromatic rings. The molecule has 4 rings (SSSR count). The fourth-order valence-corrected chi connectivity index (χ4v) is 3.60. The van der Waals surface area contributed by atoms with Crippen molar-refractivity contribution in [2.45, 2.75) is 25.4 Å². The Morgan fingerprint density at radius 1 is 1.07 bits per heavy atom. The Labute approximate surface area is 159 Å². The molecule has 1 aromatic carbocycles. The zero-order valence-electron chi connectivity index (χ0n) is 15.4. The molecule has 1 amide bonds. The number of hydrogen-bond acceptors (Lipinski definition) is 4. The smallest absolute Gasteiger partial charge is 0.236 e. The van der Waals surface area contributed by atoms with Gasteiger partial charge in [-0.25, -0.2) is 9.37 Å². The highest BCUT2D eigenvalue weighted by Gasteiger charge is 2.32. The molecule has 0 atom stereocenters. The fraction of sp³-hybridized carbons (Fsp3) is 0.429. The van der Waals surface area contributed by atoms with Crippen molar-refractivity contribution in [1.29, 1.82) is 0 Å². The van der Waals surface area contributed by atoms with Gasteiger partial charge in [0.25, 0.3) is 0 Å². The molecule has 1 aliphatic heterocycles. The van der Waals surface area contributed by atoms with Gasteiger partial charge >= 0.3 is 0 Å². The van der Waals surface area contributed by atoms with Crippen LogP contribution >= 0.6 is 0 Å². The number of pyridine rings is 1. The summed E-state index contributed by atoms with van der Waals surface area (Å²) in [6.07, 6.45) is 3.98. The maximum absolute atomic E-state index is 14.0. The quantitative estimate of drug-likeness (QED) is 0.786.